The number of hydrazone groups is 1. The van der Waals surface area contributed by atoms with E-state index in [2.05, 4.69) is 10.5 Å². The van der Waals surface area contributed by atoms with E-state index in [9.17, 15) is 9.59 Å². The predicted octanol–water partition coefficient (Wildman–Crippen LogP) is 2.89. The zero-order valence-electron chi connectivity index (χ0n) is 14.0. The number of para-hydroxylation sites is 1. The van der Waals surface area contributed by atoms with Gasteiger partial charge in [-0.25, -0.2) is 5.43 Å². The second-order valence-corrected chi connectivity index (χ2v) is 6.64. The SMILES string of the molecule is Cc1ccc(C(=O)N/N=C2/C(=O)N(CC3CC3)c3ccccc32)cc1. The summed E-state index contributed by atoms with van der Waals surface area (Å²) in [5.41, 5.74) is 6.08. The largest absolute Gasteiger partial charge is 0.306 e. The van der Waals surface area contributed by atoms with Crippen molar-refractivity contribution in [2.75, 3.05) is 11.4 Å². The second-order valence-electron chi connectivity index (χ2n) is 6.64. The van der Waals surface area contributed by atoms with Gasteiger partial charge >= 0.3 is 0 Å². The monoisotopic (exact) mass is 333 g/mol. The Balaban J connectivity index is 1.58. The van der Waals surface area contributed by atoms with Crippen LogP contribution in [0.4, 0.5) is 5.69 Å². The van der Waals surface area contributed by atoms with Crippen molar-refractivity contribution in [2.45, 2.75) is 19.8 Å². The summed E-state index contributed by atoms with van der Waals surface area (Å²) >= 11 is 0. The first-order valence-electron chi connectivity index (χ1n) is 8.49. The number of fused-ring (bicyclic) bond motifs is 1. The predicted molar refractivity (Wildman–Crippen MR) is 96.7 cm³/mol. The molecule has 1 heterocycles. The quantitative estimate of drug-likeness (QED) is 0.875. The van der Waals surface area contributed by atoms with Gasteiger partial charge in [0.2, 0.25) is 0 Å². The maximum absolute atomic E-state index is 12.8. The van der Waals surface area contributed by atoms with Crippen LogP contribution < -0.4 is 10.3 Å². The minimum atomic E-state index is -0.321. The maximum atomic E-state index is 12.8. The van der Waals surface area contributed by atoms with Crippen molar-refractivity contribution in [3.63, 3.8) is 0 Å². The smallest absolute Gasteiger partial charge is 0.279 e. The van der Waals surface area contributed by atoms with E-state index in [4.69, 9.17) is 0 Å². The molecule has 4 rings (SSSR count). The summed E-state index contributed by atoms with van der Waals surface area (Å²) in [6, 6.07) is 14.8. The molecule has 0 atom stereocenters. The molecule has 2 aliphatic rings. The van der Waals surface area contributed by atoms with Gasteiger partial charge in [0.1, 0.15) is 0 Å². The van der Waals surface area contributed by atoms with Crippen molar-refractivity contribution in [3.05, 3.63) is 65.2 Å². The van der Waals surface area contributed by atoms with Gasteiger partial charge in [-0.1, -0.05) is 35.9 Å². The van der Waals surface area contributed by atoms with Crippen molar-refractivity contribution < 1.29 is 9.59 Å². The molecule has 2 aromatic rings. The van der Waals surface area contributed by atoms with Gasteiger partial charge in [-0.15, -0.1) is 0 Å². The summed E-state index contributed by atoms with van der Waals surface area (Å²) in [5.74, 6) is 0.120. The van der Waals surface area contributed by atoms with Gasteiger partial charge in [0, 0.05) is 17.7 Å². The van der Waals surface area contributed by atoms with Crippen LogP contribution in [0.15, 0.2) is 53.6 Å². The lowest BCUT2D eigenvalue weighted by Crippen LogP contribution is -2.33. The summed E-state index contributed by atoms with van der Waals surface area (Å²) in [6.45, 7) is 2.69. The fraction of sp³-hybridized carbons (Fsp3) is 0.250. The van der Waals surface area contributed by atoms with E-state index in [-0.39, 0.29) is 11.8 Å². The molecule has 1 N–H and O–H groups in total. The summed E-state index contributed by atoms with van der Waals surface area (Å²) in [7, 11) is 0. The van der Waals surface area contributed by atoms with Crippen LogP contribution in [0.2, 0.25) is 0 Å². The highest BCUT2D eigenvalue weighted by Crippen LogP contribution is 2.35. The molecule has 25 heavy (non-hydrogen) atoms. The number of amides is 2. The van der Waals surface area contributed by atoms with Crippen LogP contribution in [0.3, 0.4) is 0 Å². The van der Waals surface area contributed by atoms with E-state index in [0.717, 1.165) is 23.4 Å². The standard InChI is InChI=1S/C20H19N3O2/c1-13-6-10-15(11-7-13)19(24)22-21-18-16-4-2-3-5-17(16)23(20(18)25)12-14-8-9-14/h2-7,10-11,14H,8-9,12H2,1H3,(H,22,24)/b21-18+. The molecule has 1 saturated carbocycles. The fourth-order valence-electron chi connectivity index (χ4n) is 2.99. The average Bonchev–Trinajstić information content (AvgIpc) is 3.40. The molecular weight excluding hydrogens is 314 g/mol. The number of carbonyl (C=O) groups excluding carboxylic acids is 2. The molecule has 2 aromatic carbocycles. The van der Waals surface area contributed by atoms with E-state index < -0.39 is 0 Å². The highest BCUT2D eigenvalue weighted by molar-refractivity contribution is 6.54. The van der Waals surface area contributed by atoms with Crippen molar-refractivity contribution in [3.8, 4) is 0 Å². The molecule has 5 heteroatoms. The van der Waals surface area contributed by atoms with Gasteiger partial charge in [-0.3, -0.25) is 9.59 Å². The van der Waals surface area contributed by atoms with Gasteiger partial charge in [0.15, 0.2) is 5.71 Å². The topological polar surface area (TPSA) is 61.8 Å². The van der Waals surface area contributed by atoms with E-state index in [1.165, 1.54) is 12.8 Å². The Morgan fingerprint density at radius 2 is 1.88 bits per heavy atom. The number of aryl methyl sites for hydroxylation is 1. The number of hydrogen-bond donors (Lipinski definition) is 1. The molecule has 0 unspecified atom stereocenters. The van der Waals surface area contributed by atoms with Gasteiger partial charge < -0.3 is 4.90 Å². The number of anilines is 1. The number of rotatable bonds is 4. The lowest BCUT2D eigenvalue weighted by atomic mass is 10.1. The fourth-order valence-corrected chi connectivity index (χ4v) is 2.99. The molecule has 126 valence electrons. The Kier molecular flexibility index (Phi) is 3.84. The molecule has 0 aromatic heterocycles. The zero-order valence-corrected chi connectivity index (χ0v) is 14.0. The summed E-state index contributed by atoms with van der Waals surface area (Å²) in [6.07, 6.45) is 2.34. The van der Waals surface area contributed by atoms with E-state index in [1.807, 2.05) is 43.3 Å². The van der Waals surface area contributed by atoms with Gasteiger partial charge in [0.05, 0.1) is 5.69 Å². The normalized spacial score (nSPS) is 17.7. The Hall–Kier alpha value is -2.95. The second kappa shape index (κ2) is 6.16. The molecule has 0 bridgehead atoms. The summed E-state index contributed by atoms with van der Waals surface area (Å²) in [4.78, 5) is 26.8. The van der Waals surface area contributed by atoms with Crippen LogP contribution in [-0.4, -0.2) is 24.1 Å². The Morgan fingerprint density at radius 1 is 1.16 bits per heavy atom. The third kappa shape index (κ3) is 3.05. The van der Waals surface area contributed by atoms with Crippen molar-refractivity contribution in [1.82, 2.24) is 5.43 Å². The molecule has 0 spiro atoms. The first-order chi connectivity index (χ1) is 12.1. The van der Waals surface area contributed by atoms with Crippen molar-refractivity contribution in [2.24, 2.45) is 11.0 Å². The number of hydrogen-bond acceptors (Lipinski definition) is 3. The lowest BCUT2D eigenvalue weighted by molar-refractivity contribution is -0.112. The van der Waals surface area contributed by atoms with Gasteiger partial charge in [-0.05, 0) is 43.9 Å². The number of nitrogens with zero attached hydrogens (tertiary/aromatic N) is 2. The van der Waals surface area contributed by atoms with Gasteiger partial charge in [-0.2, -0.15) is 5.10 Å². The van der Waals surface area contributed by atoms with Crippen LogP contribution in [-0.2, 0) is 4.79 Å². The highest BCUT2D eigenvalue weighted by atomic mass is 16.2. The molecular formula is C20H19N3O2. The zero-order chi connectivity index (χ0) is 17.4. The number of nitrogens with one attached hydrogen (secondary N) is 1. The van der Waals surface area contributed by atoms with Crippen LogP contribution in [0.25, 0.3) is 0 Å². The molecule has 2 amide bonds. The molecule has 1 aliphatic carbocycles. The Bertz CT molecular complexity index is 867. The molecule has 1 fully saturated rings. The number of benzene rings is 2. The highest BCUT2D eigenvalue weighted by Gasteiger charge is 2.37. The minimum Gasteiger partial charge on any atom is -0.306 e. The first-order valence-corrected chi connectivity index (χ1v) is 8.49. The van der Waals surface area contributed by atoms with E-state index in [1.54, 1.807) is 17.0 Å². The van der Waals surface area contributed by atoms with Crippen LogP contribution in [0.5, 0.6) is 0 Å². The maximum Gasteiger partial charge on any atom is 0.279 e. The third-order valence-electron chi connectivity index (χ3n) is 4.62. The number of carbonyl (C=O) groups is 2. The summed E-state index contributed by atoms with van der Waals surface area (Å²) in [5, 5.41) is 4.15. The minimum absolute atomic E-state index is 0.141. The first kappa shape index (κ1) is 15.6. The van der Waals surface area contributed by atoms with Crippen molar-refractivity contribution >= 4 is 23.2 Å². The van der Waals surface area contributed by atoms with Crippen LogP contribution >= 0.6 is 0 Å². The Morgan fingerprint density at radius 3 is 2.60 bits per heavy atom. The van der Waals surface area contributed by atoms with Crippen LogP contribution in [0.1, 0.15) is 34.3 Å². The summed E-state index contributed by atoms with van der Waals surface area (Å²) < 4.78 is 0. The van der Waals surface area contributed by atoms with E-state index in [0.29, 0.717) is 17.2 Å². The molecule has 1 aliphatic heterocycles. The Labute approximate surface area is 146 Å². The average molecular weight is 333 g/mol. The van der Waals surface area contributed by atoms with Crippen LogP contribution in [0, 0.1) is 12.8 Å². The third-order valence-corrected chi connectivity index (χ3v) is 4.62. The molecule has 0 radical (unpaired) electrons. The van der Waals surface area contributed by atoms with E-state index >= 15 is 0 Å². The lowest BCUT2D eigenvalue weighted by Gasteiger charge is -2.15. The molecule has 5 nitrogen and oxygen atoms in total. The van der Waals surface area contributed by atoms with Gasteiger partial charge in [0.25, 0.3) is 11.8 Å². The van der Waals surface area contributed by atoms with Crippen molar-refractivity contribution in [1.29, 1.82) is 0 Å². The molecule has 0 saturated heterocycles.